The molecule has 0 radical (unpaired) electrons. The minimum absolute atomic E-state index is 0.304. The Kier molecular flexibility index (Phi) is 2.76. The quantitative estimate of drug-likeness (QED) is 0.573. The molecule has 0 aromatic carbocycles. The summed E-state index contributed by atoms with van der Waals surface area (Å²) >= 11 is 0. The summed E-state index contributed by atoms with van der Waals surface area (Å²) in [6.07, 6.45) is 2.69. The van der Waals surface area contributed by atoms with Gasteiger partial charge in [-0.15, -0.1) is 0 Å². The van der Waals surface area contributed by atoms with Gasteiger partial charge in [-0.25, -0.2) is 9.78 Å². The minimum Gasteiger partial charge on any atom is -0.462 e. The number of ether oxygens (including phenoxy) is 1. The van der Waals surface area contributed by atoms with Crippen LogP contribution in [-0.4, -0.2) is 22.5 Å². The van der Waals surface area contributed by atoms with Crippen molar-refractivity contribution in [1.29, 1.82) is 0 Å². The highest BCUT2D eigenvalue weighted by molar-refractivity contribution is 5.93. The van der Waals surface area contributed by atoms with Gasteiger partial charge in [0.1, 0.15) is 0 Å². The fourth-order valence-corrected chi connectivity index (χ4v) is 1.32. The summed E-state index contributed by atoms with van der Waals surface area (Å²) in [5.41, 5.74) is 0.795. The minimum atomic E-state index is -0.594. The Morgan fingerprint density at radius 3 is 2.94 bits per heavy atom. The van der Waals surface area contributed by atoms with Crippen LogP contribution in [0, 0.1) is 5.95 Å². The second kappa shape index (κ2) is 4.22. The fourth-order valence-electron chi connectivity index (χ4n) is 1.32. The second-order valence-electron chi connectivity index (χ2n) is 3.14. The van der Waals surface area contributed by atoms with Crippen molar-refractivity contribution < 1.29 is 13.9 Å². The highest BCUT2D eigenvalue weighted by Crippen LogP contribution is 2.13. The van der Waals surface area contributed by atoms with E-state index in [1.165, 1.54) is 18.5 Å². The van der Waals surface area contributed by atoms with Gasteiger partial charge in [-0.1, -0.05) is 0 Å². The maximum Gasteiger partial charge on any atom is 0.339 e. The molecule has 2 rings (SSSR count). The summed E-state index contributed by atoms with van der Waals surface area (Å²) in [5.74, 6) is -1.04. The molecule has 0 aliphatic heterocycles. The van der Waals surface area contributed by atoms with Crippen molar-refractivity contribution in [3.63, 3.8) is 0 Å². The molecule has 0 N–H and O–H groups in total. The van der Waals surface area contributed by atoms with Gasteiger partial charge in [-0.2, -0.15) is 4.39 Å². The van der Waals surface area contributed by atoms with Gasteiger partial charge in [0.25, 0.3) is 0 Å². The van der Waals surface area contributed by atoms with Crippen LogP contribution in [-0.2, 0) is 4.74 Å². The van der Waals surface area contributed by atoms with Crippen LogP contribution < -0.4 is 0 Å². The summed E-state index contributed by atoms with van der Waals surface area (Å²) in [7, 11) is 0. The molecule has 0 saturated heterocycles. The first-order chi connectivity index (χ1) is 7.70. The molecule has 2 heterocycles. The van der Waals surface area contributed by atoms with Crippen molar-refractivity contribution in [2.24, 2.45) is 0 Å². The number of fused-ring (bicyclic) bond motifs is 1. The van der Waals surface area contributed by atoms with E-state index in [-0.39, 0.29) is 0 Å². The van der Waals surface area contributed by atoms with E-state index in [1.54, 1.807) is 13.0 Å². The Hall–Kier alpha value is -2.04. The van der Waals surface area contributed by atoms with Crippen molar-refractivity contribution in [2.45, 2.75) is 6.92 Å². The molecule has 0 aliphatic rings. The van der Waals surface area contributed by atoms with Crippen LogP contribution in [0.2, 0.25) is 0 Å². The van der Waals surface area contributed by atoms with Gasteiger partial charge in [0.15, 0.2) is 0 Å². The summed E-state index contributed by atoms with van der Waals surface area (Å²) in [6, 6.07) is 2.79. The molecule has 82 valence electrons. The lowest BCUT2D eigenvalue weighted by molar-refractivity contribution is 0.0526. The number of carbonyl (C=O) groups is 1. The van der Waals surface area contributed by atoms with E-state index in [2.05, 4.69) is 9.97 Å². The molecule has 16 heavy (non-hydrogen) atoms. The molecule has 0 unspecified atom stereocenters. The molecule has 5 heteroatoms. The predicted octanol–water partition coefficient (Wildman–Crippen LogP) is 1.95. The molecule has 2 aromatic heterocycles. The van der Waals surface area contributed by atoms with Gasteiger partial charge in [-0.05, 0) is 13.0 Å². The Labute approximate surface area is 91.1 Å². The lowest BCUT2D eigenvalue weighted by Crippen LogP contribution is -2.05. The monoisotopic (exact) mass is 220 g/mol. The zero-order valence-electron chi connectivity index (χ0n) is 8.61. The standard InChI is InChI=1S/C11H9FN2O2/c1-2-16-11(15)8-3-7-5-14-10(12)4-9(7)13-6-8/h3-6H,2H2,1H3. The molecule has 4 nitrogen and oxygen atoms in total. The highest BCUT2D eigenvalue weighted by Gasteiger charge is 2.08. The smallest absolute Gasteiger partial charge is 0.339 e. The van der Waals surface area contributed by atoms with Crippen LogP contribution in [0.25, 0.3) is 10.9 Å². The molecule has 0 aliphatic carbocycles. The zero-order valence-corrected chi connectivity index (χ0v) is 8.61. The Bertz CT molecular complexity index is 542. The zero-order chi connectivity index (χ0) is 11.5. The van der Waals surface area contributed by atoms with Gasteiger partial charge >= 0.3 is 5.97 Å². The lowest BCUT2D eigenvalue weighted by Gasteiger charge is -2.02. The molecule has 0 fully saturated rings. The SMILES string of the molecule is CCOC(=O)c1cnc2cc(F)ncc2c1. The van der Waals surface area contributed by atoms with Crippen LogP contribution in [0.15, 0.2) is 24.5 Å². The van der Waals surface area contributed by atoms with Crippen molar-refractivity contribution in [1.82, 2.24) is 9.97 Å². The molecular formula is C11H9FN2O2. The van der Waals surface area contributed by atoms with E-state index >= 15 is 0 Å². The third-order valence-electron chi connectivity index (χ3n) is 2.04. The topological polar surface area (TPSA) is 52.1 Å². The van der Waals surface area contributed by atoms with E-state index < -0.39 is 11.9 Å². The van der Waals surface area contributed by atoms with E-state index in [9.17, 15) is 9.18 Å². The first kappa shape index (κ1) is 10.5. The third-order valence-corrected chi connectivity index (χ3v) is 2.04. The molecule has 0 saturated carbocycles. The fraction of sp³-hybridized carbons (Fsp3) is 0.182. The third kappa shape index (κ3) is 1.98. The number of pyridine rings is 2. The number of hydrogen-bond acceptors (Lipinski definition) is 4. The summed E-state index contributed by atoms with van der Waals surface area (Å²) in [5, 5.41) is 0.604. The van der Waals surface area contributed by atoms with Crippen molar-refractivity contribution in [2.75, 3.05) is 6.61 Å². The van der Waals surface area contributed by atoms with Crippen molar-refractivity contribution in [3.05, 3.63) is 36.0 Å². The van der Waals surface area contributed by atoms with Crippen LogP contribution in [0.1, 0.15) is 17.3 Å². The largest absolute Gasteiger partial charge is 0.462 e. The maximum absolute atomic E-state index is 12.8. The van der Waals surface area contributed by atoms with Crippen LogP contribution >= 0.6 is 0 Å². The molecule has 2 aromatic rings. The molecule has 0 bridgehead atoms. The number of esters is 1. The van der Waals surface area contributed by atoms with Gasteiger partial charge in [0, 0.05) is 23.8 Å². The number of hydrogen-bond donors (Lipinski definition) is 0. The van der Waals surface area contributed by atoms with E-state index in [0.717, 1.165) is 0 Å². The van der Waals surface area contributed by atoms with Crippen molar-refractivity contribution in [3.8, 4) is 0 Å². The molecule has 0 spiro atoms. The molecule has 0 atom stereocenters. The Morgan fingerprint density at radius 2 is 2.19 bits per heavy atom. The predicted molar refractivity (Wildman–Crippen MR) is 55.5 cm³/mol. The van der Waals surface area contributed by atoms with E-state index in [1.807, 2.05) is 0 Å². The molecule has 0 amide bonds. The second-order valence-corrected chi connectivity index (χ2v) is 3.14. The number of nitrogens with zero attached hydrogens (tertiary/aromatic N) is 2. The average Bonchev–Trinajstić information content (AvgIpc) is 2.28. The highest BCUT2D eigenvalue weighted by atomic mass is 19.1. The lowest BCUT2D eigenvalue weighted by atomic mass is 10.2. The van der Waals surface area contributed by atoms with E-state index in [0.29, 0.717) is 23.1 Å². The van der Waals surface area contributed by atoms with Gasteiger partial charge < -0.3 is 4.74 Å². The van der Waals surface area contributed by atoms with Crippen molar-refractivity contribution >= 4 is 16.9 Å². The summed E-state index contributed by atoms with van der Waals surface area (Å²) in [4.78, 5) is 18.9. The Morgan fingerprint density at radius 1 is 1.38 bits per heavy atom. The van der Waals surface area contributed by atoms with E-state index in [4.69, 9.17) is 4.74 Å². The summed E-state index contributed by atoms with van der Waals surface area (Å²) in [6.45, 7) is 2.03. The van der Waals surface area contributed by atoms with Gasteiger partial charge in [0.2, 0.25) is 5.95 Å². The van der Waals surface area contributed by atoms with Crippen LogP contribution in [0.4, 0.5) is 4.39 Å². The maximum atomic E-state index is 12.8. The number of rotatable bonds is 2. The van der Waals surface area contributed by atoms with Gasteiger partial charge in [0.05, 0.1) is 17.7 Å². The van der Waals surface area contributed by atoms with Crippen LogP contribution in [0.5, 0.6) is 0 Å². The summed E-state index contributed by atoms with van der Waals surface area (Å²) < 4.78 is 17.6. The molecular weight excluding hydrogens is 211 g/mol. The van der Waals surface area contributed by atoms with Crippen LogP contribution in [0.3, 0.4) is 0 Å². The Balaban J connectivity index is 2.44. The number of aromatic nitrogens is 2. The first-order valence-electron chi connectivity index (χ1n) is 4.79. The number of carbonyl (C=O) groups excluding carboxylic acids is 1. The normalized spacial score (nSPS) is 10.4. The van der Waals surface area contributed by atoms with Gasteiger partial charge in [-0.3, -0.25) is 4.98 Å². The number of halogens is 1. The first-order valence-corrected chi connectivity index (χ1v) is 4.79. The average molecular weight is 220 g/mol.